The Morgan fingerprint density at radius 2 is 1.52 bits per heavy atom. The summed E-state index contributed by atoms with van der Waals surface area (Å²) >= 11 is 0. The van der Waals surface area contributed by atoms with Crippen LogP contribution < -0.4 is 5.32 Å². The second kappa shape index (κ2) is 7.40. The van der Waals surface area contributed by atoms with Gasteiger partial charge in [0.2, 0.25) is 5.91 Å². The Bertz CT molecular complexity index is 661. The third-order valence-electron chi connectivity index (χ3n) is 5.71. The van der Waals surface area contributed by atoms with E-state index in [1.807, 2.05) is 36.4 Å². The van der Waals surface area contributed by atoms with Gasteiger partial charge in [0, 0.05) is 18.6 Å². The fourth-order valence-corrected chi connectivity index (χ4v) is 4.47. The summed E-state index contributed by atoms with van der Waals surface area (Å²) in [4.78, 5) is 15.8. The monoisotopic (exact) mass is 334 g/mol. The van der Waals surface area contributed by atoms with Gasteiger partial charge in [-0.15, -0.1) is 0 Å². The van der Waals surface area contributed by atoms with E-state index in [1.54, 1.807) is 0 Å². The lowest BCUT2D eigenvalue weighted by atomic mass is 9.89. The summed E-state index contributed by atoms with van der Waals surface area (Å²) in [6, 6.07) is 21.1. The van der Waals surface area contributed by atoms with Gasteiger partial charge in [0.05, 0.1) is 5.92 Å². The Hall–Kier alpha value is -2.13. The fourth-order valence-electron chi connectivity index (χ4n) is 4.47. The standard InChI is InChI=1S/C22H26N2O/c25-22(23-19-14-16-24-15-8-7-13-20(19)24)21(17-9-3-1-4-10-17)18-11-5-2-6-12-18/h1-6,9-12,19-21H,7-8,13-16H2,(H,23,25)/t19-,20+/m0/s1. The van der Waals surface area contributed by atoms with Crippen LogP contribution in [-0.2, 0) is 4.79 Å². The maximum Gasteiger partial charge on any atom is 0.232 e. The molecule has 2 heterocycles. The van der Waals surface area contributed by atoms with Crippen LogP contribution in [-0.4, -0.2) is 36.0 Å². The van der Waals surface area contributed by atoms with Gasteiger partial charge >= 0.3 is 0 Å². The van der Waals surface area contributed by atoms with Gasteiger partial charge < -0.3 is 5.32 Å². The first-order valence-corrected chi connectivity index (χ1v) is 9.47. The van der Waals surface area contributed by atoms with Crippen LogP contribution in [0.4, 0.5) is 0 Å². The van der Waals surface area contributed by atoms with Crippen LogP contribution in [0.1, 0.15) is 42.7 Å². The van der Waals surface area contributed by atoms with E-state index in [0.717, 1.165) is 24.1 Å². The molecule has 0 spiro atoms. The van der Waals surface area contributed by atoms with Crippen LogP contribution in [0.25, 0.3) is 0 Å². The Balaban J connectivity index is 1.56. The van der Waals surface area contributed by atoms with E-state index in [4.69, 9.17) is 0 Å². The molecule has 0 saturated carbocycles. The Morgan fingerprint density at radius 1 is 0.880 bits per heavy atom. The number of nitrogens with zero attached hydrogens (tertiary/aromatic N) is 1. The van der Waals surface area contributed by atoms with Gasteiger partial charge in [0.25, 0.3) is 0 Å². The maximum absolute atomic E-state index is 13.2. The normalized spacial score (nSPS) is 23.4. The fraction of sp³-hybridized carbons (Fsp3) is 0.409. The SMILES string of the molecule is O=C(N[C@H]1CCN2CCCC[C@H]12)C(c1ccccc1)c1ccccc1. The molecule has 3 nitrogen and oxygen atoms in total. The molecule has 3 heteroatoms. The highest BCUT2D eigenvalue weighted by Crippen LogP contribution is 2.29. The molecule has 130 valence electrons. The van der Waals surface area contributed by atoms with Crippen molar-refractivity contribution >= 4 is 5.91 Å². The highest BCUT2D eigenvalue weighted by molar-refractivity contribution is 5.87. The topological polar surface area (TPSA) is 32.3 Å². The molecular weight excluding hydrogens is 308 g/mol. The van der Waals surface area contributed by atoms with Crippen molar-refractivity contribution in [2.75, 3.05) is 13.1 Å². The van der Waals surface area contributed by atoms with Gasteiger partial charge in [0.1, 0.15) is 0 Å². The molecule has 2 fully saturated rings. The maximum atomic E-state index is 13.2. The minimum Gasteiger partial charge on any atom is -0.351 e. The molecule has 2 aromatic carbocycles. The third-order valence-corrected chi connectivity index (χ3v) is 5.71. The first-order valence-electron chi connectivity index (χ1n) is 9.47. The lowest BCUT2D eigenvalue weighted by Gasteiger charge is -2.33. The summed E-state index contributed by atoms with van der Waals surface area (Å²) in [6.07, 6.45) is 4.88. The molecule has 2 saturated heterocycles. The number of carbonyl (C=O) groups excluding carboxylic acids is 1. The number of benzene rings is 2. The Morgan fingerprint density at radius 3 is 2.16 bits per heavy atom. The first-order chi connectivity index (χ1) is 12.3. The van der Waals surface area contributed by atoms with Crippen molar-refractivity contribution in [3.8, 4) is 0 Å². The van der Waals surface area contributed by atoms with Crippen molar-refractivity contribution in [3.63, 3.8) is 0 Å². The highest BCUT2D eigenvalue weighted by Gasteiger charge is 2.37. The van der Waals surface area contributed by atoms with Crippen molar-refractivity contribution in [3.05, 3.63) is 71.8 Å². The predicted molar refractivity (Wildman–Crippen MR) is 100 cm³/mol. The molecule has 0 aromatic heterocycles. The second-order valence-corrected chi connectivity index (χ2v) is 7.26. The molecule has 1 N–H and O–H groups in total. The molecule has 1 amide bonds. The van der Waals surface area contributed by atoms with E-state index in [-0.39, 0.29) is 11.8 Å². The molecule has 0 radical (unpaired) electrons. The van der Waals surface area contributed by atoms with E-state index in [0.29, 0.717) is 12.1 Å². The Kier molecular flexibility index (Phi) is 4.84. The van der Waals surface area contributed by atoms with Crippen molar-refractivity contribution < 1.29 is 4.79 Å². The predicted octanol–water partition coefficient (Wildman–Crippen LogP) is 3.56. The quantitative estimate of drug-likeness (QED) is 0.927. The summed E-state index contributed by atoms with van der Waals surface area (Å²) in [5, 5.41) is 3.39. The number of carbonyl (C=O) groups is 1. The van der Waals surface area contributed by atoms with Gasteiger partial charge in [-0.05, 0) is 36.9 Å². The summed E-state index contributed by atoms with van der Waals surface area (Å²) < 4.78 is 0. The zero-order valence-corrected chi connectivity index (χ0v) is 14.6. The van der Waals surface area contributed by atoms with E-state index in [9.17, 15) is 4.79 Å². The number of fused-ring (bicyclic) bond motifs is 1. The van der Waals surface area contributed by atoms with E-state index in [1.165, 1.54) is 25.8 Å². The highest BCUT2D eigenvalue weighted by atomic mass is 16.2. The van der Waals surface area contributed by atoms with E-state index >= 15 is 0 Å². The molecule has 0 aliphatic carbocycles. The van der Waals surface area contributed by atoms with Crippen molar-refractivity contribution in [2.45, 2.75) is 43.7 Å². The molecule has 2 atom stereocenters. The summed E-state index contributed by atoms with van der Waals surface area (Å²) in [7, 11) is 0. The molecule has 2 aliphatic rings. The van der Waals surface area contributed by atoms with Gasteiger partial charge in [-0.25, -0.2) is 0 Å². The first kappa shape index (κ1) is 16.3. The van der Waals surface area contributed by atoms with Gasteiger partial charge in [-0.3, -0.25) is 9.69 Å². The zero-order valence-electron chi connectivity index (χ0n) is 14.6. The number of piperidine rings is 1. The number of hydrogen-bond donors (Lipinski definition) is 1. The van der Waals surface area contributed by atoms with Gasteiger partial charge in [-0.2, -0.15) is 0 Å². The zero-order chi connectivity index (χ0) is 17.1. The minimum absolute atomic E-state index is 0.134. The lowest BCUT2D eigenvalue weighted by molar-refractivity contribution is -0.122. The number of hydrogen-bond acceptors (Lipinski definition) is 2. The second-order valence-electron chi connectivity index (χ2n) is 7.26. The van der Waals surface area contributed by atoms with Gasteiger partial charge in [-0.1, -0.05) is 67.1 Å². The average Bonchev–Trinajstić information content (AvgIpc) is 3.07. The molecule has 2 aromatic rings. The molecule has 2 aliphatic heterocycles. The van der Waals surface area contributed by atoms with Crippen molar-refractivity contribution in [1.82, 2.24) is 10.2 Å². The minimum atomic E-state index is -0.236. The molecule has 4 rings (SSSR count). The number of amides is 1. The lowest BCUT2D eigenvalue weighted by Crippen LogP contribution is -2.48. The van der Waals surface area contributed by atoms with Crippen LogP contribution in [0, 0.1) is 0 Å². The van der Waals surface area contributed by atoms with E-state index < -0.39 is 0 Å². The van der Waals surface area contributed by atoms with E-state index in [2.05, 4.69) is 34.5 Å². The summed E-state index contributed by atoms with van der Waals surface area (Å²) in [6.45, 7) is 2.31. The van der Waals surface area contributed by atoms with Crippen LogP contribution in [0.2, 0.25) is 0 Å². The molecule has 0 bridgehead atoms. The van der Waals surface area contributed by atoms with Crippen LogP contribution >= 0.6 is 0 Å². The van der Waals surface area contributed by atoms with Crippen LogP contribution in [0.3, 0.4) is 0 Å². The van der Waals surface area contributed by atoms with Gasteiger partial charge in [0.15, 0.2) is 0 Å². The average molecular weight is 334 g/mol. The Labute approximate surface area is 150 Å². The van der Waals surface area contributed by atoms with Crippen LogP contribution in [0.15, 0.2) is 60.7 Å². The molecule has 25 heavy (non-hydrogen) atoms. The van der Waals surface area contributed by atoms with Crippen molar-refractivity contribution in [1.29, 1.82) is 0 Å². The molecular formula is C22H26N2O. The van der Waals surface area contributed by atoms with Crippen LogP contribution in [0.5, 0.6) is 0 Å². The number of rotatable bonds is 4. The third kappa shape index (κ3) is 3.47. The summed E-state index contributed by atoms with van der Waals surface area (Å²) in [5.41, 5.74) is 2.12. The summed E-state index contributed by atoms with van der Waals surface area (Å²) in [5.74, 6) is -0.102. The number of nitrogens with one attached hydrogen (secondary N) is 1. The largest absolute Gasteiger partial charge is 0.351 e. The van der Waals surface area contributed by atoms with Crippen molar-refractivity contribution in [2.24, 2.45) is 0 Å². The molecule has 0 unspecified atom stereocenters. The smallest absolute Gasteiger partial charge is 0.232 e.